The maximum Gasteiger partial charge on any atom is 0.205 e. The fourth-order valence-corrected chi connectivity index (χ4v) is 4.49. The van der Waals surface area contributed by atoms with Gasteiger partial charge in [0.2, 0.25) is 6.19 Å². The van der Waals surface area contributed by atoms with Crippen molar-refractivity contribution in [2.24, 2.45) is 10.9 Å². The maximum absolute atomic E-state index is 9.25. The maximum atomic E-state index is 9.25. The van der Waals surface area contributed by atoms with E-state index in [0.717, 1.165) is 41.0 Å². The Labute approximate surface area is 171 Å². The Kier molecular flexibility index (Phi) is 5.34. The number of hydrogen-bond acceptors (Lipinski definition) is 4. The van der Waals surface area contributed by atoms with Gasteiger partial charge in [-0.15, -0.1) is 0 Å². The standard InChI is InChI=1S/C24H23N3O2/c1-15-9-19(10-16(2)28-15)24-13-22(27-14-25)21-12-18(7-8-23(21)29-24)17-5-4-6-20(11-17)26-3/h4-8,11-12,15-16,19,24H,9-10,13H2,1-2H3. The van der Waals surface area contributed by atoms with Crippen LogP contribution in [0.15, 0.2) is 47.5 Å². The molecule has 0 bridgehead atoms. The Bertz CT molecular complexity index is 1020. The molecule has 0 spiro atoms. The fourth-order valence-electron chi connectivity index (χ4n) is 4.49. The van der Waals surface area contributed by atoms with Crippen molar-refractivity contribution in [3.05, 3.63) is 59.4 Å². The average Bonchev–Trinajstić information content (AvgIpc) is 2.73. The highest BCUT2D eigenvalue weighted by atomic mass is 16.5. The molecule has 1 fully saturated rings. The molecule has 0 N–H and O–H groups in total. The summed E-state index contributed by atoms with van der Waals surface area (Å²) in [6.45, 7) is 11.4. The quantitative estimate of drug-likeness (QED) is 0.504. The molecule has 5 nitrogen and oxygen atoms in total. The summed E-state index contributed by atoms with van der Waals surface area (Å²) in [5.74, 6) is 1.15. The van der Waals surface area contributed by atoms with Crippen LogP contribution in [-0.4, -0.2) is 24.0 Å². The molecule has 3 atom stereocenters. The van der Waals surface area contributed by atoms with Gasteiger partial charge in [-0.1, -0.05) is 24.3 Å². The number of rotatable bonds is 2. The molecule has 2 aromatic rings. The minimum absolute atomic E-state index is 0.000285. The van der Waals surface area contributed by atoms with Crippen molar-refractivity contribution in [3.63, 3.8) is 0 Å². The Morgan fingerprint density at radius 1 is 1.10 bits per heavy atom. The zero-order valence-corrected chi connectivity index (χ0v) is 16.6. The van der Waals surface area contributed by atoms with Crippen LogP contribution in [0.2, 0.25) is 0 Å². The zero-order chi connectivity index (χ0) is 20.4. The number of aliphatic imine (C=N–C) groups is 1. The Morgan fingerprint density at radius 2 is 1.86 bits per heavy atom. The molecule has 4 rings (SSSR count). The summed E-state index contributed by atoms with van der Waals surface area (Å²) in [5, 5.41) is 9.25. The number of nitriles is 1. The van der Waals surface area contributed by atoms with Crippen LogP contribution in [-0.2, 0) is 4.74 Å². The molecular weight excluding hydrogens is 362 g/mol. The number of ether oxygens (including phenoxy) is 2. The molecule has 2 aliphatic rings. The monoisotopic (exact) mass is 385 g/mol. The highest BCUT2D eigenvalue weighted by Crippen LogP contribution is 2.38. The summed E-state index contributed by atoms with van der Waals surface area (Å²) in [6, 6.07) is 13.5. The molecular formula is C24H23N3O2. The molecule has 5 heteroatoms. The van der Waals surface area contributed by atoms with E-state index in [1.165, 1.54) is 0 Å². The second-order valence-corrected chi connectivity index (χ2v) is 7.88. The van der Waals surface area contributed by atoms with E-state index in [-0.39, 0.29) is 18.3 Å². The molecule has 2 aliphatic heterocycles. The normalized spacial score (nSPS) is 27.4. The van der Waals surface area contributed by atoms with Gasteiger partial charge >= 0.3 is 0 Å². The van der Waals surface area contributed by atoms with E-state index < -0.39 is 0 Å². The van der Waals surface area contributed by atoms with E-state index >= 15 is 0 Å². The second kappa shape index (κ2) is 8.07. The first-order valence-corrected chi connectivity index (χ1v) is 9.97. The Morgan fingerprint density at radius 3 is 2.59 bits per heavy atom. The van der Waals surface area contributed by atoms with Crippen LogP contribution in [0.1, 0.15) is 38.7 Å². The first-order chi connectivity index (χ1) is 14.1. The highest BCUT2D eigenvalue weighted by Gasteiger charge is 2.36. The second-order valence-electron chi connectivity index (χ2n) is 7.88. The molecule has 0 radical (unpaired) electrons. The van der Waals surface area contributed by atoms with E-state index in [1.807, 2.05) is 42.6 Å². The van der Waals surface area contributed by atoms with E-state index in [4.69, 9.17) is 16.0 Å². The fraction of sp³-hybridized carbons (Fsp3) is 0.375. The Balaban J connectivity index is 1.67. The predicted octanol–water partition coefficient (Wildman–Crippen LogP) is 5.53. The summed E-state index contributed by atoms with van der Waals surface area (Å²) in [5.41, 5.74) is 4.18. The van der Waals surface area contributed by atoms with E-state index in [0.29, 0.717) is 18.0 Å². The van der Waals surface area contributed by atoms with Gasteiger partial charge in [0.05, 0.1) is 24.5 Å². The molecule has 2 aromatic carbocycles. The summed E-state index contributed by atoms with van der Waals surface area (Å²) in [7, 11) is 0. The topological polar surface area (TPSA) is 59.0 Å². The van der Waals surface area contributed by atoms with Crippen LogP contribution < -0.4 is 4.74 Å². The van der Waals surface area contributed by atoms with Crippen molar-refractivity contribution in [2.45, 2.75) is 51.4 Å². The summed E-state index contributed by atoms with van der Waals surface area (Å²) < 4.78 is 12.3. The van der Waals surface area contributed by atoms with Crippen LogP contribution in [0, 0.1) is 23.9 Å². The van der Waals surface area contributed by atoms with Crippen molar-refractivity contribution in [2.75, 3.05) is 0 Å². The lowest BCUT2D eigenvalue weighted by Crippen LogP contribution is -2.41. The molecule has 0 aliphatic carbocycles. The Hall–Kier alpha value is -3.15. The van der Waals surface area contributed by atoms with E-state index in [2.05, 4.69) is 23.7 Å². The molecule has 0 saturated carbocycles. The summed E-state index contributed by atoms with van der Waals surface area (Å²) in [6.07, 6.45) is 4.91. The lowest BCUT2D eigenvalue weighted by molar-refractivity contribution is -0.0736. The molecule has 2 heterocycles. The molecule has 146 valence electrons. The van der Waals surface area contributed by atoms with Crippen LogP contribution >= 0.6 is 0 Å². The van der Waals surface area contributed by atoms with E-state index in [9.17, 15) is 5.26 Å². The molecule has 29 heavy (non-hydrogen) atoms. The van der Waals surface area contributed by atoms with Crippen molar-refractivity contribution in [3.8, 4) is 23.1 Å². The molecule has 1 saturated heterocycles. The van der Waals surface area contributed by atoms with Crippen LogP contribution in [0.25, 0.3) is 16.0 Å². The minimum atomic E-state index is -0.000285. The number of benzene rings is 2. The third-order valence-corrected chi connectivity index (χ3v) is 5.72. The smallest absolute Gasteiger partial charge is 0.205 e. The third-order valence-electron chi connectivity index (χ3n) is 5.72. The lowest BCUT2D eigenvalue weighted by Gasteiger charge is -2.39. The zero-order valence-electron chi connectivity index (χ0n) is 16.6. The van der Waals surface area contributed by atoms with Gasteiger partial charge < -0.3 is 9.47 Å². The van der Waals surface area contributed by atoms with Gasteiger partial charge in [0.25, 0.3) is 0 Å². The van der Waals surface area contributed by atoms with Gasteiger partial charge in [-0.3, -0.25) is 0 Å². The van der Waals surface area contributed by atoms with Crippen LogP contribution in [0.3, 0.4) is 0 Å². The van der Waals surface area contributed by atoms with Gasteiger partial charge in [0.15, 0.2) is 5.69 Å². The van der Waals surface area contributed by atoms with Crippen molar-refractivity contribution >= 4 is 11.4 Å². The van der Waals surface area contributed by atoms with Crippen molar-refractivity contribution in [1.29, 1.82) is 5.26 Å². The van der Waals surface area contributed by atoms with E-state index in [1.54, 1.807) is 6.07 Å². The van der Waals surface area contributed by atoms with Crippen LogP contribution in [0.4, 0.5) is 5.69 Å². The van der Waals surface area contributed by atoms with Gasteiger partial charge in [-0.05, 0) is 56.0 Å². The van der Waals surface area contributed by atoms with Crippen molar-refractivity contribution in [1.82, 2.24) is 0 Å². The van der Waals surface area contributed by atoms with Gasteiger partial charge in [-0.25, -0.2) is 4.85 Å². The summed E-state index contributed by atoms with van der Waals surface area (Å²) >= 11 is 0. The molecule has 0 aromatic heterocycles. The highest BCUT2D eigenvalue weighted by molar-refractivity contribution is 6.05. The first kappa shape index (κ1) is 19.2. The number of nitrogens with zero attached hydrogens (tertiary/aromatic N) is 3. The van der Waals surface area contributed by atoms with Crippen molar-refractivity contribution < 1.29 is 9.47 Å². The molecule has 3 unspecified atom stereocenters. The van der Waals surface area contributed by atoms with Gasteiger partial charge in [0, 0.05) is 17.9 Å². The van der Waals surface area contributed by atoms with Gasteiger partial charge in [-0.2, -0.15) is 10.3 Å². The van der Waals surface area contributed by atoms with Crippen LogP contribution in [0.5, 0.6) is 5.75 Å². The third kappa shape index (κ3) is 4.01. The first-order valence-electron chi connectivity index (χ1n) is 9.97. The minimum Gasteiger partial charge on any atom is -0.489 e. The molecule has 0 amide bonds. The predicted molar refractivity (Wildman–Crippen MR) is 112 cm³/mol. The number of fused-ring (bicyclic) bond motifs is 1. The lowest BCUT2D eigenvalue weighted by atomic mass is 9.83. The largest absolute Gasteiger partial charge is 0.489 e. The van der Waals surface area contributed by atoms with Gasteiger partial charge in [0.1, 0.15) is 11.9 Å². The summed E-state index contributed by atoms with van der Waals surface area (Å²) in [4.78, 5) is 7.65. The SMILES string of the molecule is [C-]#[N+]c1cccc(-c2ccc3c(c2)C(=NC#N)CC(C2CC(C)OC(C)C2)O3)c1. The average molecular weight is 385 g/mol. The number of hydrogen-bond donors (Lipinski definition) is 0.